The molecule has 0 saturated carbocycles. The molecule has 0 aliphatic carbocycles. The van der Waals surface area contributed by atoms with Crippen LogP contribution in [0.4, 0.5) is 11.4 Å². The van der Waals surface area contributed by atoms with Crippen molar-refractivity contribution in [1.82, 2.24) is 0 Å². The average molecular weight is 288 g/mol. The first-order chi connectivity index (χ1) is 9.88. The Bertz CT molecular complexity index is 595. The highest BCUT2D eigenvalue weighted by atomic mass is 16.4. The molecule has 2 rings (SSSR count). The molecule has 0 unspecified atom stereocenters. The largest absolute Gasteiger partial charge is 0.480 e. The summed E-state index contributed by atoms with van der Waals surface area (Å²) in [4.78, 5) is 26.3. The predicted molar refractivity (Wildman–Crippen MR) is 82.8 cm³/mol. The van der Waals surface area contributed by atoms with E-state index in [0.717, 1.165) is 22.5 Å². The molecule has 1 aromatic carbocycles. The zero-order chi connectivity index (χ0) is 15.6. The second-order valence-electron chi connectivity index (χ2n) is 5.50. The van der Waals surface area contributed by atoms with Gasteiger partial charge < -0.3 is 14.9 Å². The number of fused-ring (bicyclic) bond motifs is 1. The maximum absolute atomic E-state index is 12.1. The van der Waals surface area contributed by atoms with E-state index in [1.807, 2.05) is 25.1 Å². The van der Waals surface area contributed by atoms with Gasteiger partial charge in [0.25, 0.3) is 0 Å². The summed E-state index contributed by atoms with van der Waals surface area (Å²) in [6.07, 6.45) is 1.17. The number of anilines is 2. The zero-order valence-electron chi connectivity index (χ0n) is 12.4. The molecule has 0 saturated heterocycles. The molecule has 5 nitrogen and oxygen atoms in total. The second kappa shape index (κ2) is 5.99. The molecule has 21 heavy (non-hydrogen) atoms. The van der Waals surface area contributed by atoms with Gasteiger partial charge in [-0.2, -0.15) is 0 Å². The van der Waals surface area contributed by atoms with E-state index in [1.54, 1.807) is 16.8 Å². The molecule has 112 valence electrons. The molecular formula is C16H20N2O3. The summed E-state index contributed by atoms with van der Waals surface area (Å²) in [5.41, 5.74) is 3.76. The lowest BCUT2D eigenvalue weighted by Crippen LogP contribution is -2.36. The van der Waals surface area contributed by atoms with E-state index in [9.17, 15) is 9.59 Å². The third kappa shape index (κ3) is 3.42. The molecule has 1 aromatic rings. The first kappa shape index (κ1) is 15.1. The smallest absolute Gasteiger partial charge is 0.323 e. The second-order valence-corrected chi connectivity index (χ2v) is 5.50. The van der Waals surface area contributed by atoms with E-state index in [1.165, 1.54) is 0 Å². The van der Waals surface area contributed by atoms with E-state index in [2.05, 4.69) is 6.58 Å². The number of carboxylic acid groups (broad SMARTS) is 1. The van der Waals surface area contributed by atoms with Crippen molar-refractivity contribution < 1.29 is 14.7 Å². The summed E-state index contributed by atoms with van der Waals surface area (Å²) in [7, 11) is 1.75. The van der Waals surface area contributed by atoms with Crippen molar-refractivity contribution >= 4 is 23.3 Å². The molecule has 5 heteroatoms. The molecule has 1 aliphatic rings. The minimum absolute atomic E-state index is 0.0484. The highest BCUT2D eigenvalue weighted by Gasteiger charge is 2.24. The number of benzene rings is 1. The van der Waals surface area contributed by atoms with Crippen LogP contribution in [0.1, 0.15) is 18.9 Å². The van der Waals surface area contributed by atoms with Crippen molar-refractivity contribution in [2.24, 2.45) is 0 Å². The van der Waals surface area contributed by atoms with Gasteiger partial charge in [0.15, 0.2) is 0 Å². The number of carbonyl (C=O) groups excluding carboxylic acids is 1. The van der Waals surface area contributed by atoms with Gasteiger partial charge in [0.2, 0.25) is 5.91 Å². The molecule has 0 fully saturated rings. The quantitative estimate of drug-likeness (QED) is 0.843. The lowest BCUT2D eigenvalue weighted by atomic mass is 9.99. The fourth-order valence-electron chi connectivity index (χ4n) is 2.52. The standard InChI is InChI=1S/C16H20N2O3/c1-11(2)9-18-14-6-5-13(17(3)10-16(20)21)8-12(14)4-7-15(18)19/h5-6,8H,1,4,7,9-10H2,2-3H3,(H,20,21). The molecular weight excluding hydrogens is 268 g/mol. The normalized spacial score (nSPS) is 13.8. The topological polar surface area (TPSA) is 60.9 Å². The first-order valence-electron chi connectivity index (χ1n) is 6.89. The van der Waals surface area contributed by atoms with Gasteiger partial charge in [0.05, 0.1) is 0 Å². The maximum Gasteiger partial charge on any atom is 0.323 e. The van der Waals surface area contributed by atoms with E-state index in [4.69, 9.17) is 5.11 Å². The number of carboxylic acids is 1. The summed E-state index contributed by atoms with van der Waals surface area (Å²) in [6.45, 7) is 6.24. The molecule has 1 aliphatic heterocycles. The zero-order valence-corrected chi connectivity index (χ0v) is 12.4. The van der Waals surface area contributed by atoms with Crippen molar-refractivity contribution in [3.8, 4) is 0 Å². The van der Waals surface area contributed by atoms with Gasteiger partial charge in [-0.3, -0.25) is 9.59 Å². The summed E-state index contributed by atoms with van der Waals surface area (Å²) >= 11 is 0. The van der Waals surface area contributed by atoms with Crippen molar-refractivity contribution in [2.75, 3.05) is 29.9 Å². The third-order valence-electron chi connectivity index (χ3n) is 3.50. The van der Waals surface area contributed by atoms with Crippen molar-refractivity contribution in [1.29, 1.82) is 0 Å². The molecule has 0 aromatic heterocycles. The van der Waals surface area contributed by atoms with Gasteiger partial charge in [0, 0.05) is 31.4 Å². The highest BCUT2D eigenvalue weighted by molar-refractivity contribution is 5.97. The SMILES string of the molecule is C=C(C)CN1C(=O)CCc2cc(N(C)CC(=O)O)ccc21. The van der Waals surface area contributed by atoms with E-state index >= 15 is 0 Å². The van der Waals surface area contributed by atoms with Gasteiger partial charge in [-0.25, -0.2) is 0 Å². The van der Waals surface area contributed by atoms with Crippen molar-refractivity contribution in [3.05, 3.63) is 35.9 Å². The number of hydrogen-bond donors (Lipinski definition) is 1. The van der Waals surface area contributed by atoms with Crippen LogP contribution in [0.15, 0.2) is 30.4 Å². The van der Waals surface area contributed by atoms with Crippen LogP contribution < -0.4 is 9.80 Å². The van der Waals surface area contributed by atoms with Crippen LogP contribution in [0, 0.1) is 0 Å². The van der Waals surface area contributed by atoms with Gasteiger partial charge >= 0.3 is 5.97 Å². The van der Waals surface area contributed by atoms with Gasteiger partial charge in [-0.05, 0) is 37.1 Å². The Labute approximate surface area is 124 Å². The molecule has 0 atom stereocenters. The summed E-state index contributed by atoms with van der Waals surface area (Å²) in [6, 6.07) is 5.71. The lowest BCUT2D eigenvalue weighted by Gasteiger charge is -2.30. The predicted octanol–water partition coefficient (Wildman–Crippen LogP) is 2.06. The summed E-state index contributed by atoms with van der Waals surface area (Å²) in [5.74, 6) is -0.758. The molecule has 1 amide bonds. The first-order valence-corrected chi connectivity index (χ1v) is 6.89. The minimum atomic E-state index is -0.866. The molecule has 0 bridgehead atoms. The number of rotatable bonds is 5. The van der Waals surface area contributed by atoms with E-state index < -0.39 is 5.97 Å². The third-order valence-corrected chi connectivity index (χ3v) is 3.50. The van der Waals surface area contributed by atoms with Crippen LogP contribution in [-0.2, 0) is 16.0 Å². The Morgan fingerprint density at radius 2 is 2.14 bits per heavy atom. The number of nitrogens with zero attached hydrogens (tertiary/aromatic N) is 2. The monoisotopic (exact) mass is 288 g/mol. The Kier molecular flexibility index (Phi) is 4.31. The van der Waals surface area contributed by atoms with Crippen molar-refractivity contribution in [3.63, 3.8) is 0 Å². The van der Waals surface area contributed by atoms with Gasteiger partial charge in [0.1, 0.15) is 6.54 Å². The Hall–Kier alpha value is -2.30. The Morgan fingerprint density at radius 1 is 1.43 bits per heavy atom. The number of hydrogen-bond acceptors (Lipinski definition) is 3. The fourth-order valence-corrected chi connectivity index (χ4v) is 2.52. The molecule has 1 heterocycles. The average Bonchev–Trinajstić information content (AvgIpc) is 2.40. The van der Waals surface area contributed by atoms with Crippen LogP contribution >= 0.6 is 0 Å². The van der Waals surface area contributed by atoms with E-state index in [-0.39, 0.29) is 12.5 Å². The van der Waals surface area contributed by atoms with Crippen LogP contribution in [0.2, 0.25) is 0 Å². The highest BCUT2D eigenvalue weighted by Crippen LogP contribution is 2.31. The maximum atomic E-state index is 12.1. The van der Waals surface area contributed by atoms with Crippen LogP contribution in [0.25, 0.3) is 0 Å². The lowest BCUT2D eigenvalue weighted by molar-refractivity contribution is -0.135. The number of aryl methyl sites for hydroxylation is 1. The van der Waals surface area contributed by atoms with Gasteiger partial charge in [-0.15, -0.1) is 0 Å². The fraction of sp³-hybridized carbons (Fsp3) is 0.375. The van der Waals surface area contributed by atoms with Crippen LogP contribution in [0.3, 0.4) is 0 Å². The number of carbonyl (C=O) groups is 2. The van der Waals surface area contributed by atoms with Crippen molar-refractivity contribution in [2.45, 2.75) is 19.8 Å². The molecule has 1 N–H and O–H groups in total. The summed E-state index contributed by atoms with van der Waals surface area (Å²) < 4.78 is 0. The van der Waals surface area contributed by atoms with Gasteiger partial charge in [-0.1, -0.05) is 12.2 Å². The van der Waals surface area contributed by atoms with E-state index in [0.29, 0.717) is 19.4 Å². The number of amides is 1. The number of aliphatic carboxylic acids is 1. The Morgan fingerprint density at radius 3 is 2.76 bits per heavy atom. The Balaban J connectivity index is 2.30. The van der Waals surface area contributed by atoms with Crippen LogP contribution in [0.5, 0.6) is 0 Å². The van der Waals surface area contributed by atoms with Crippen LogP contribution in [-0.4, -0.2) is 37.1 Å². The minimum Gasteiger partial charge on any atom is -0.480 e. The molecule has 0 radical (unpaired) electrons. The summed E-state index contributed by atoms with van der Waals surface area (Å²) in [5, 5.41) is 8.86. The number of likely N-dealkylation sites (N-methyl/N-ethyl adjacent to an activating group) is 1. The molecule has 0 spiro atoms.